The van der Waals surface area contributed by atoms with E-state index in [1.165, 1.54) is 0 Å². The molecule has 0 unspecified atom stereocenters. The molecule has 9 heteroatoms. The van der Waals surface area contributed by atoms with E-state index in [0.717, 1.165) is 18.6 Å². The van der Waals surface area contributed by atoms with Gasteiger partial charge in [-0.2, -0.15) is 11.8 Å². The van der Waals surface area contributed by atoms with Gasteiger partial charge in [0, 0.05) is 11.0 Å². The van der Waals surface area contributed by atoms with Crippen molar-refractivity contribution in [3.8, 4) is 0 Å². The Morgan fingerprint density at radius 2 is 2.04 bits per heavy atom. The molecule has 4 N–H and O–H groups in total. The largest absolute Gasteiger partial charge is 0.372 e. The lowest BCUT2D eigenvalue weighted by atomic mass is 10.0. The molecule has 2 heterocycles. The molecule has 24 heavy (non-hydrogen) atoms. The molecule has 0 aromatic rings. The summed E-state index contributed by atoms with van der Waals surface area (Å²) in [5.74, 6) is -0.486. The fraction of sp³-hybridized carbons (Fsp3) is 0.800. The fourth-order valence-corrected chi connectivity index (χ4v) is 4.26. The summed E-state index contributed by atoms with van der Waals surface area (Å²) in [7, 11) is 0. The SMILES string of the molecule is CC(C)[C@H](N)C(=O)OOC(=O)CCCC[C@@H]1SC[C@@H]2NC(=O)N[C@@H]21. The number of unbranched alkanes of at least 4 members (excludes halogenated alkanes) is 1. The summed E-state index contributed by atoms with van der Waals surface area (Å²) >= 11 is 1.84. The summed E-state index contributed by atoms with van der Waals surface area (Å²) in [4.78, 5) is 43.2. The molecular weight excluding hydrogens is 334 g/mol. The van der Waals surface area contributed by atoms with Gasteiger partial charge in [0.2, 0.25) is 0 Å². The molecule has 8 nitrogen and oxygen atoms in total. The number of hydrogen-bond acceptors (Lipinski definition) is 7. The maximum atomic E-state index is 11.5. The summed E-state index contributed by atoms with van der Waals surface area (Å²) in [6, 6.07) is -0.518. The Morgan fingerprint density at radius 3 is 2.75 bits per heavy atom. The van der Waals surface area contributed by atoms with Crippen LogP contribution < -0.4 is 16.4 Å². The first-order valence-corrected chi connectivity index (χ1v) is 9.28. The number of nitrogens with two attached hydrogens (primary N) is 1. The summed E-state index contributed by atoms with van der Waals surface area (Å²) in [5, 5.41) is 6.20. The molecule has 2 aliphatic heterocycles. The quantitative estimate of drug-likeness (QED) is 0.265. The standard InChI is InChI=1S/C15H25N3O5S/c1-8(2)12(16)14(20)23-22-11(19)6-4-3-5-10-13-9(7-24-10)17-15(21)18-13/h8-10,12-13H,3-7,16H2,1-2H3,(H2,17,18,21)/t9-,10-,12-,13-/m0/s1. The second-order valence-electron chi connectivity index (χ2n) is 6.50. The predicted octanol–water partition coefficient (Wildman–Crippen LogP) is 0.697. The number of fused-ring (bicyclic) bond motifs is 1. The van der Waals surface area contributed by atoms with Crippen LogP contribution in [0.5, 0.6) is 0 Å². The number of rotatable bonds is 7. The van der Waals surface area contributed by atoms with Crippen LogP contribution in [0.4, 0.5) is 4.79 Å². The van der Waals surface area contributed by atoms with Gasteiger partial charge in [0.05, 0.1) is 18.5 Å². The van der Waals surface area contributed by atoms with E-state index in [1.54, 1.807) is 13.8 Å². The smallest absolute Gasteiger partial charge is 0.332 e. The summed E-state index contributed by atoms with van der Waals surface area (Å²) in [6.07, 6.45) is 2.58. The zero-order valence-corrected chi connectivity index (χ0v) is 14.8. The molecule has 0 aromatic heterocycles. The van der Waals surface area contributed by atoms with Crippen LogP contribution in [0.2, 0.25) is 0 Å². The molecule has 136 valence electrons. The molecule has 0 radical (unpaired) electrons. The molecule has 0 spiro atoms. The van der Waals surface area contributed by atoms with E-state index in [4.69, 9.17) is 5.73 Å². The highest BCUT2D eigenvalue weighted by molar-refractivity contribution is 8.00. The van der Waals surface area contributed by atoms with Gasteiger partial charge in [0.15, 0.2) is 0 Å². The lowest BCUT2D eigenvalue weighted by Crippen LogP contribution is -2.37. The van der Waals surface area contributed by atoms with Gasteiger partial charge >= 0.3 is 18.0 Å². The Kier molecular flexibility index (Phi) is 6.73. The van der Waals surface area contributed by atoms with E-state index in [2.05, 4.69) is 20.4 Å². The van der Waals surface area contributed by atoms with Gasteiger partial charge in [-0.1, -0.05) is 20.3 Å². The number of thioether (sulfide) groups is 1. The molecule has 0 bridgehead atoms. The highest BCUT2D eigenvalue weighted by Crippen LogP contribution is 2.33. The number of carbonyl (C=O) groups excluding carboxylic acids is 3. The van der Waals surface area contributed by atoms with E-state index in [-0.39, 0.29) is 30.5 Å². The Bertz CT molecular complexity index is 488. The van der Waals surface area contributed by atoms with Crippen LogP contribution in [-0.4, -0.2) is 47.1 Å². The van der Waals surface area contributed by atoms with Crippen molar-refractivity contribution < 1.29 is 24.2 Å². The minimum absolute atomic E-state index is 0.0884. The van der Waals surface area contributed by atoms with Crippen LogP contribution in [-0.2, 0) is 19.4 Å². The molecule has 2 fully saturated rings. The van der Waals surface area contributed by atoms with Crippen molar-refractivity contribution in [3.05, 3.63) is 0 Å². The molecule has 4 atom stereocenters. The van der Waals surface area contributed by atoms with Crippen molar-refractivity contribution in [2.75, 3.05) is 5.75 Å². The average Bonchev–Trinajstić information content (AvgIpc) is 3.07. The van der Waals surface area contributed by atoms with Crippen molar-refractivity contribution in [1.82, 2.24) is 10.6 Å². The van der Waals surface area contributed by atoms with Crippen LogP contribution in [0.15, 0.2) is 0 Å². The molecule has 0 aromatic carbocycles. The average molecular weight is 359 g/mol. The number of hydrogen-bond donors (Lipinski definition) is 3. The molecule has 0 aliphatic carbocycles. The minimum atomic E-state index is -0.805. The van der Waals surface area contributed by atoms with E-state index in [9.17, 15) is 14.4 Å². The maximum Gasteiger partial charge on any atom is 0.372 e. The third-order valence-electron chi connectivity index (χ3n) is 4.26. The molecule has 2 rings (SSSR count). The fourth-order valence-electron chi connectivity index (χ4n) is 2.71. The Morgan fingerprint density at radius 1 is 1.29 bits per heavy atom. The van der Waals surface area contributed by atoms with Crippen molar-refractivity contribution in [3.63, 3.8) is 0 Å². The number of carbonyl (C=O) groups is 3. The van der Waals surface area contributed by atoms with E-state index >= 15 is 0 Å². The van der Waals surface area contributed by atoms with Gasteiger partial charge in [-0.15, -0.1) is 0 Å². The van der Waals surface area contributed by atoms with Crippen molar-refractivity contribution >= 4 is 29.7 Å². The van der Waals surface area contributed by atoms with Crippen LogP contribution >= 0.6 is 11.8 Å². The second kappa shape index (κ2) is 8.57. The Hall–Kier alpha value is -1.48. The van der Waals surface area contributed by atoms with Crippen LogP contribution in [0.1, 0.15) is 39.5 Å². The molecule has 2 amide bonds. The van der Waals surface area contributed by atoms with E-state index in [0.29, 0.717) is 11.7 Å². The van der Waals surface area contributed by atoms with Crippen LogP contribution in [0.3, 0.4) is 0 Å². The van der Waals surface area contributed by atoms with Gasteiger partial charge in [0.25, 0.3) is 0 Å². The summed E-state index contributed by atoms with van der Waals surface area (Å²) in [6.45, 7) is 3.56. The summed E-state index contributed by atoms with van der Waals surface area (Å²) in [5.41, 5.74) is 5.59. The summed E-state index contributed by atoms with van der Waals surface area (Å²) < 4.78 is 0. The minimum Gasteiger partial charge on any atom is -0.332 e. The van der Waals surface area contributed by atoms with Crippen LogP contribution in [0, 0.1) is 5.92 Å². The highest BCUT2D eigenvalue weighted by atomic mass is 32.2. The maximum absolute atomic E-state index is 11.5. The second-order valence-corrected chi connectivity index (χ2v) is 7.77. The number of nitrogens with one attached hydrogen (secondary N) is 2. The lowest BCUT2D eigenvalue weighted by Gasteiger charge is -2.16. The van der Waals surface area contributed by atoms with Gasteiger partial charge in [-0.05, 0) is 18.8 Å². The Balaban J connectivity index is 1.57. The molecule has 0 saturated carbocycles. The first-order valence-electron chi connectivity index (χ1n) is 8.24. The topological polar surface area (TPSA) is 120 Å². The first kappa shape index (κ1) is 18.9. The van der Waals surface area contributed by atoms with Crippen molar-refractivity contribution in [1.29, 1.82) is 0 Å². The zero-order chi connectivity index (χ0) is 17.7. The van der Waals surface area contributed by atoms with Crippen LogP contribution in [0.25, 0.3) is 0 Å². The third-order valence-corrected chi connectivity index (χ3v) is 5.77. The lowest BCUT2D eigenvalue weighted by molar-refractivity contribution is -0.260. The zero-order valence-electron chi connectivity index (χ0n) is 13.9. The van der Waals surface area contributed by atoms with Gasteiger partial charge < -0.3 is 16.4 Å². The first-order chi connectivity index (χ1) is 11.4. The number of amides is 2. The Labute approximate surface area is 145 Å². The molecule has 2 aliphatic rings. The van der Waals surface area contributed by atoms with Crippen molar-refractivity contribution in [2.45, 2.75) is 62.9 Å². The van der Waals surface area contributed by atoms with Gasteiger partial charge in [-0.3, -0.25) is 0 Å². The third kappa shape index (κ3) is 5.01. The predicted molar refractivity (Wildman–Crippen MR) is 89.0 cm³/mol. The normalized spacial score (nSPS) is 26.5. The van der Waals surface area contributed by atoms with Gasteiger partial charge in [0.1, 0.15) is 6.04 Å². The van der Waals surface area contributed by atoms with Crippen molar-refractivity contribution in [2.24, 2.45) is 11.7 Å². The number of urea groups is 1. The van der Waals surface area contributed by atoms with Gasteiger partial charge in [-0.25, -0.2) is 24.2 Å². The van der Waals surface area contributed by atoms with E-state index < -0.39 is 18.0 Å². The molecule has 2 saturated heterocycles. The highest BCUT2D eigenvalue weighted by Gasteiger charge is 2.42. The van der Waals surface area contributed by atoms with E-state index in [1.807, 2.05) is 11.8 Å². The molecular formula is C15H25N3O5S. The monoisotopic (exact) mass is 359 g/mol.